The second kappa shape index (κ2) is 7.53. The highest BCUT2D eigenvalue weighted by Crippen LogP contribution is 2.34. The molecule has 0 radical (unpaired) electrons. The van der Waals surface area contributed by atoms with Crippen LogP contribution in [0, 0.1) is 0 Å². The fraction of sp³-hybridized carbons (Fsp3) is 0.182. The standard InChI is InChI=1S/C22H20BrN3O/c1-3-18-21-20(27-4-2)14-19(15-10-12-16(23)13-11-15)24-22(21)26(25-18)17-8-6-5-7-9-17/h5-14H,3-4H2,1-2H3. The summed E-state index contributed by atoms with van der Waals surface area (Å²) in [6.07, 6.45) is 0.815. The summed E-state index contributed by atoms with van der Waals surface area (Å²) >= 11 is 3.49. The van der Waals surface area contributed by atoms with E-state index in [2.05, 4.69) is 35.0 Å². The Morgan fingerprint density at radius 2 is 1.74 bits per heavy atom. The molecule has 0 aliphatic heterocycles. The van der Waals surface area contributed by atoms with Crippen LogP contribution in [0.4, 0.5) is 0 Å². The van der Waals surface area contributed by atoms with Gasteiger partial charge in [-0.3, -0.25) is 0 Å². The van der Waals surface area contributed by atoms with Gasteiger partial charge in [0.2, 0.25) is 0 Å². The fourth-order valence-corrected chi connectivity index (χ4v) is 3.45. The lowest BCUT2D eigenvalue weighted by Crippen LogP contribution is -1.99. The molecule has 0 spiro atoms. The van der Waals surface area contributed by atoms with Crippen molar-refractivity contribution in [2.45, 2.75) is 20.3 Å². The maximum atomic E-state index is 5.99. The van der Waals surface area contributed by atoms with Crippen molar-refractivity contribution in [3.63, 3.8) is 0 Å². The summed E-state index contributed by atoms with van der Waals surface area (Å²) in [5, 5.41) is 5.83. The first kappa shape index (κ1) is 17.7. The van der Waals surface area contributed by atoms with Gasteiger partial charge >= 0.3 is 0 Å². The minimum atomic E-state index is 0.596. The number of nitrogens with zero attached hydrogens (tertiary/aromatic N) is 3. The first-order valence-corrected chi connectivity index (χ1v) is 9.87. The average Bonchev–Trinajstić information content (AvgIpc) is 3.08. The molecule has 0 saturated heterocycles. The number of pyridine rings is 1. The van der Waals surface area contributed by atoms with Crippen LogP contribution in [-0.2, 0) is 6.42 Å². The summed E-state index contributed by atoms with van der Waals surface area (Å²) in [5.41, 5.74) is 4.72. The summed E-state index contributed by atoms with van der Waals surface area (Å²) in [5.74, 6) is 0.833. The summed E-state index contributed by atoms with van der Waals surface area (Å²) in [4.78, 5) is 4.97. The van der Waals surface area contributed by atoms with Gasteiger partial charge in [-0.25, -0.2) is 9.67 Å². The van der Waals surface area contributed by atoms with Gasteiger partial charge < -0.3 is 4.74 Å². The van der Waals surface area contributed by atoms with Gasteiger partial charge in [0.15, 0.2) is 5.65 Å². The van der Waals surface area contributed by atoms with Crippen molar-refractivity contribution in [2.75, 3.05) is 6.61 Å². The van der Waals surface area contributed by atoms with Gasteiger partial charge in [-0.05, 0) is 37.6 Å². The zero-order valence-corrected chi connectivity index (χ0v) is 16.9. The molecule has 0 saturated carbocycles. The minimum Gasteiger partial charge on any atom is -0.493 e. The zero-order chi connectivity index (χ0) is 18.8. The minimum absolute atomic E-state index is 0.596. The molecule has 4 rings (SSSR count). The topological polar surface area (TPSA) is 39.9 Å². The number of fused-ring (bicyclic) bond motifs is 1. The second-order valence-electron chi connectivity index (χ2n) is 6.19. The molecule has 0 atom stereocenters. The second-order valence-corrected chi connectivity index (χ2v) is 7.11. The number of aromatic nitrogens is 3. The van der Waals surface area contributed by atoms with Crippen molar-refractivity contribution in [2.24, 2.45) is 0 Å². The van der Waals surface area contributed by atoms with Crippen LogP contribution in [0.3, 0.4) is 0 Å². The zero-order valence-electron chi connectivity index (χ0n) is 15.3. The van der Waals surface area contributed by atoms with Crippen LogP contribution in [0.2, 0.25) is 0 Å². The Hall–Kier alpha value is -2.66. The Bertz CT molecular complexity index is 1070. The molecule has 2 aromatic carbocycles. The van der Waals surface area contributed by atoms with Gasteiger partial charge in [0.05, 0.1) is 29.1 Å². The molecule has 5 heteroatoms. The lowest BCUT2D eigenvalue weighted by atomic mass is 10.1. The van der Waals surface area contributed by atoms with E-state index in [0.717, 1.165) is 50.3 Å². The highest BCUT2D eigenvalue weighted by molar-refractivity contribution is 9.10. The van der Waals surface area contributed by atoms with Gasteiger partial charge in [-0.15, -0.1) is 0 Å². The molecule has 0 aliphatic rings. The van der Waals surface area contributed by atoms with Gasteiger partial charge in [0.1, 0.15) is 5.75 Å². The lowest BCUT2D eigenvalue weighted by Gasteiger charge is -2.10. The number of rotatable bonds is 5. The maximum Gasteiger partial charge on any atom is 0.167 e. The SMILES string of the molecule is CCOc1cc(-c2ccc(Br)cc2)nc2c1c(CC)nn2-c1ccccc1. The molecule has 136 valence electrons. The third kappa shape index (κ3) is 3.35. The van der Waals surface area contributed by atoms with E-state index in [1.807, 2.05) is 60.1 Å². The first-order chi connectivity index (χ1) is 13.2. The first-order valence-electron chi connectivity index (χ1n) is 9.08. The smallest absolute Gasteiger partial charge is 0.167 e. The molecule has 0 aliphatic carbocycles. The Balaban J connectivity index is 2.01. The number of hydrogen-bond donors (Lipinski definition) is 0. The predicted molar refractivity (Wildman–Crippen MR) is 113 cm³/mol. The highest BCUT2D eigenvalue weighted by atomic mass is 79.9. The van der Waals surface area contributed by atoms with Crippen LogP contribution in [0.25, 0.3) is 28.0 Å². The van der Waals surface area contributed by atoms with Gasteiger partial charge in [0.25, 0.3) is 0 Å². The maximum absolute atomic E-state index is 5.99. The molecule has 0 fully saturated rings. The highest BCUT2D eigenvalue weighted by Gasteiger charge is 2.19. The van der Waals surface area contributed by atoms with Crippen LogP contribution in [0.1, 0.15) is 19.5 Å². The number of ether oxygens (including phenoxy) is 1. The molecule has 4 aromatic rings. The largest absolute Gasteiger partial charge is 0.493 e. The summed E-state index contributed by atoms with van der Waals surface area (Å²) < 4.78 is 8.95. The van der Waals surface area contributed by atoms with Crippen molar-refractivity contribution in [3.8, 4) is 22.7 Å². The van der Waals surface area contributed by atoms with Crippen LogP contribution in [0.15, 0.2) is 65.1 Å². The molecular weight excluding hydrogens is 402 g/mol. The quantitative estimate of drug-likeness (QED) is 0.408. The number of hydrogen-bond acceptors (Lipinski definition) is 3. The van der Waals surface area contributed by atoms with Crippen molar-refractivity contribution < 1.29 is 4.74 Å². The van der Waals surface area contributed by atoms with Gasteiger partial charge in [-0.1, -0.05) is 53.2 Å². The van der Waals surface area contributed by atoms with E-state index in [1.165, 1.54) is 0 Å². The van der Waals surface area contributed by atoms with E-state index in [-0.39, 0.29) is 0 Å². The van der Waals surface area contributed by atoms with Crippen LogP contribution in [-0.4, -0.2) is 21.4 Å². The van der Waals surface area contributed by atoms with E-state index >= 15 is 0 Å². The molecule has 0 bridgehead atoms. The average molecular weight is 422 g/mol. The Morgan fingerprint density at radius 1 is 1.00 bits per heavy atom. The Kier molecular flexibility index (Phi) is 4.94. The third-order valence-electron chi connectivity index (χ3n) is 4.45. The molecule has 0 unspecified atom stereocenters. The Morgan fingerprint density at radius 3 is 2.41 bits per heavy atom. The number of para-hydroxylation sites is 1. The molecule has 4 nitrogen and oxygen atoms in total. The number of benzene rings is 2. The van der Waals surface area contributed by atoms with E-state index in [1.54, 1.807) is 0 Å². The van der Waals surface area contributed by atoms with E-state index in [0.29, 0.717) is 6.61 Å². The van der Waals surface area contributed by atoms with Crippen molar-refractivity contribution in [1.29, 1.82) is 0 Å². The third-order valence-corrected chi connectivity index (χ3v) is 4.98. The summed E-state index contributed by atoms with van der Waals surface area (Å²) in [6.45, 7) is 4.70. The molecule has 0 amide bonds. The van der Waals surface area contributed by atoms with Crippen molar-refractivity contribution in [1.82, 2.24) is 14.8 Å². The van der Waals surface area contributed by atoms with Crippen molar-refractivity contribution in [3.05, 3.63) is 70.8 Å². The molecule has 27 heavy (non-hydrogen) atoms. The van der Waals surface area contributed by atoms with Gasteiger partial charge in [-0.2, -0.15) is 5.10 Å². The van der Waals surface area contributed by atoms with E-state index in [4.69, 9.17) is 14.8 Å². The lowest BCUT2D eigenvalue weighted by molar-refractivity contribution is 0.344. The Labute approximate surface area is 166 Å². The van der Waals surface area contributed by atoms with Crippen molar-refractivity contribution >= 4 is 27.0 Å². The summed E-state index contributed by atoms with van der Waals surface area (Å²) in [7, 11) is 0. The monoisotopic (exact) mass is 421 g/mol. The normalized spacial score (nSPS) is 11.1. The summed E-state index contributed by atoms with van der Waals surface area (Å²) in [6, 6.07) is 20.3. The van der Waals surface area contributed by atoms with Gasteiger partial charge in [0, 0.05) is 16.1 Å². The predicted octanol–water partition coefficient (Wildman–Crippen LogP) is 5.81. The molecular formula is C22H20BrN3O. The fourth-order valence-electron chi connectivity index (χ4n) is 3.19. The van der Waals surface area contributed by atoms with E-state index < -0.39 is 0 Å². The molecule has 0 N–H and O–H groups in total. The van der Waals surface area contributed by atoms with Crippen LogP contribution >= 0.6 is 15.9 Å². The molecule has 2 aromatic heterocycles. The molecule has 2 heterocycles. The van der Waals surface area contributed by atoms with Crippen LogP contribution in [0.5, 0.6) is 5.75 Å². The van der Waals surface area contributed by atoms with E-state index in [9.17, 15) is 0 Å². The number of halogens is 1. The number of aryl methyl sites for hydroxylation is 1. The van der Waals surface area contributed by atoms with Crippen LogP contribution < -0.4 is 4.74 Å².